The highest BCUT2D eigenvalue weighted by Gasteiger charge is 1.94. The summed E-state index contributed by atoms with van der Waals surface area (Å²) in [4.78, 5) is 11.1. The minimum Gasteiger partial charge on any atom is -0.303 e. The van der Waals surface area contributed by atoms with Gasteiger partial charge in [0.2, 0.25) is 0 Å². The summed E-state index contributed by atoms with van der Waals surface area (Å²) in [7, 11) is 0. The highest BCUT2D eigenvalue weighted by atomic mass is 32.2. The number of thioether (sulfide) groups is 1. The highest BCUT2D eigenvalue weighted by molar-refractivity contribution is 7.99. The maximum atomic E-state index is 12.5. The molecular weight excluding hydrogens is 199 g/mol. The summed E-state index contributed by atoms with van der Waals surface area (Å²) in [6.07, 6.45) is 3.56. The number of rotatable bonds is 6. The van der Waals surface area contributed by atoms with Gasteiger partial charge in [0.25, 0.3) is 0 Å². The smallest absolute Gasteiger partial charge is 0.123 e. The van der Waals surface area contributed by atoms with Gasteiger partial charge in [-0.1, -0.05) is 0 Å². The van der Waals surface area contributed by atoms with Gasteiger partial charge in [-0.05, 0) is 42.9 Å². The Balaban J connectivity index is 2.18. The van der Waals surface area contributed by atoms with E-state index in [2.05, 4.69) is 0 Å². The Morgan fingerprint density at radius 1 is 1.21 bits per heavy atom. The van der Waals surface area contributed by atoms with Crippen molar-refractivity contribution in [2.75, 3.05) is 5.75 Å². The summed E-state index contributed by atoms with van der Waals surface area (Å²) in [5, 5.41) is 0. The molecule has 0 heterocycles. The number of hydrogen-bond donors (Lipinski definition) is 0. The molecule has 0 radical (unpaired) electrons. The first-order valence-electron chi connectivity index (χ1n) is 4.65. The van der Waals surface area contributed by atoms with Crippen LogP contribution in [0, 0.1) is 5.82 Å². The zero-order chi connectivity index (χ0) is 10.2. The number of halogens is 1. The lowest BCUT2D eigenvalue weighted by Gasteiger charge is -1.99. The standard InChI is InChI=1S/C11H13FOS/c12-10-4-6-11(7-5-10)14-9-3-1-2-8-13/h4-8H,1-3,9H2. The molecule has 1 rings (SSSR count). The number of carbonyl (C=O) groups excluding carboxylic acids is 1. The fraction of sp³-hybridized carbons (Fsp3) is 0.364. The van der Waals surface area contributed by atoms with Crippen LogP contribution in [0.2, 0.25) is 0 Å². The Kier molecular flexibility index (Phi) is 5.30. The fourth-order valence-electron chi connectivity index (χ4n) is 1.05. The lowest BCUT2D eigenvalue weighted by atomic mass is 10.3. The Morgan fingerprint density at radius 2 is 1.93 bits per heavy atom. The minimum atomic E-state index is -0.199. The topological polar surface area (TPSA) is 17.1 Å². The average Bonchev–Trinajstić information content (AvgIpc) is 2.21. The Bertz CT molecular complexity index is 271. The maximum Gasteiger partial charge on any atom is 0.123 e. The van der Waals surface area contributed by atoms with Gasteiger partial charge in [0.05, 0.1) is 0 Å². The van der Waals surface area contributed by atoms with Gasteiger partial charge in [-0.25, -0.2) is 4.39 Å². The lowest BCUT2D eigenvalue weighted by molar-refractivity contribution is -0.107. The zero-order valence-electron chi connectivity index (χ0n) is 7.91. The lowest BCUT2D eigenvalue weighted by Crippen LogP contribution is -1.82. The quantitative estimate of drug-likeness (QED) is 0.409. The molecule has 1 aromatic rings. The molecule has 14 heavy (non-hydrogen) atoms. The molecule has 0 unspecified atom stereocenters. The van der Waals surface area contributed by atoms with Crippen molar-refractivity contribution in [3.63, 3.8) is 0 Å². The van der Waals surface area contributed by atoms with E-state index in [0.29, 0.717) is 6.42 Å². The number of hydrogen-bond acceptors (Lipinski definition) is 2. The summed E-state index contributed by atoms with van der Waals surface area (Å²) in [5.74, 6) is 0.787. The predicted octanol–water partition coefficient (Wildman–Crippen LogP) is 3.29. The van der Waals surface area contributed by atoms with Crippen LogP contribution in [0.3, 0.4) is 0 Å². The van der Waals surface area contributed by atoms with Gasteiger partial charge in [0.1, 0.15) is 12.1 Å². The van der Waals surface area contributed by atoms with Crippen LogP contribution in [0.15, 0.2) is 29.2 Å². The second kappa shape index (κ2) is 6.60. The van der Waals surface area contributed by atoms with Crippen molar-refractivity contribution in [2.45, 2.75) is 24.2 Å². The monoisotopic (exact) mass is 212 g/mol. The number of aldehydes is 1. The number of carbonyl (C=O) groups is 1. The van der Waals surface area contributed by atoms with E-state index < -0.39 is 0 Å². The number of unbranched alkanes of at least 4 members (excludes halogenated alkanes) is 2. The van der Waals surface area contributed by atoms with Gasteiger partial charge >= 0.3 is 0 Å². The van der Waals surface area contributed by atoms with Crippen molar-refractivity contribution in [2.24, 2.45) is 0 Å². The van der Waals surface area contributed by atoms with Crippen molar-refractivity contribution in [3.05, 3.63) is 30.1 Å². The Hall–Kier alpha value is -0.830. The third kappa shape index (κ3) is 4.42. The van der Waals surface area contributed by atoms with Crippen LogP contribution in [0.25, 0.3) is 0 Å². The van der Waals surface area contributed by atoms with E-state index in [9.17, 15) is 9.18 Å². The molecule has 0 saturated carbocycles. The van der Waals surface area contributed by atoms with Crippen LogP contribution in [-0.4, -0.2) is 12.0 Å². The molecular formula is C11H13FOS. The summed E-state index contributed by atoms with van der Waals surface area (Å²) >= 11 is 1.70. The first-order chi connectivity index (χ1) is 6.83. The van der Waals surface area contributed by atoms with Crippen LogP contribution < -0.4 is 0 Å². The fourth-order valence-corrected chi connectivity index (χ4v) is 1.96. The Morgan fingerprint density at radius 3 is 2.57 bits per heavy atom. The first-order valence-corrected chi connectivity index (χ1v) is 5.63. The predicted molar refractivity (Wildman–Crippen MR) is 57.0 cm³/mol. The Labute approximate surface area is 87.7 Å². The molecule has 0 aromatic heterocycles. The summed E-state index contributed by atoms with van der Waals surface area (Å²) < 4.78 is 12.5. The van der Waals surface area contributed by atoms with Crippen molar-refractivity contribution in [3.8, 4) is 0 Å². The molecule has 0 fully saturated rings. The van der Waals surface area contributed by atoms with Gasteiger partial charge in [-0.15, -0.1) is 11.8 Å². The summed E-state index contributed by atoms with van der Waals surface area (Å²) in [5.41, 5.74) is 0. The molecule has 1 nitrogen and oxygen atoms in total. The third-order valence-electron chi connectivity index (χ3n) is 1.80. The van der Waals surface area contributed by atoms with E-state index in [1.807, 2.05) is 0 Å². The summed E-state index contributed by atoms with van der Waals surface area (Å²) in [6, 6.07) is 6.49. The molecule has 3 heteroatoms. The molecule has 0 bridgehead atoms. The van der Waals surface area contributed by atoms with Crippen LogP contribution in [-0.2, 0) is 4.79 Å². The van der Waals surface area contributed by atoms with Crippen LogP contribution >= 0.6 is 11.8 Å². The first kappa shape index (κ1) is 11.2. The molecule has 0 atom stereocenters. The van der Waals surface area contributed by atoms with E-state index in [4.69, 9.17) is 0 Å². The van der Waals surface area contributed by atoms with Gasteiger partial charge < -0.3 is 4.79 Å². The van der Waals surface area contributed by atoms with Crippen LogP contribution in [0.4, 0.5) is 4.39 Å². The van der Waals surface area contributed by atoms with E-state index in [1.54, 1.807) is 23.9 Å². The second-order valence-electron chi connectivity index (χ2n) is 2.96. The van der Waals surface area contributed by atoms with E-state index >= 15 is 0 Å². The molecule has 76 valence electrons. The third-order valence-corrected chi connectivity index (χ3v) is 2.90. The van der Waals surface area contributed by atoms with Crippen LogP contribution in [0.1, 0.15) is 19.3 Å². The van der Waals surface area contributed by atoms with Crippen LogP contribution in [0.5, 0.6) is 0 Å². The molecule has 0 saturated heterocycles. The van der Waals surface area contributed by atoms with Crippen molar-refractivity contribution in [1.82, 2.24) is 0 Å². The van der Waals surface area contributed by atoms with Gasteiger partial charge in [0, 0.05) is 11.3 Å². The highest BCUT2D eigenvalue weighted by Crippen LogP contribution is 2.19. The number of benzene rings is 1. The maximum absolute atomic E-state index is 12.5. The average molecular weight is 212 g/mol. The SMILES string of the molecule is O=CCCCCSc1ccc(F)cc1. The van der Waals surface area contributed by atoms with E-state index in [-0.39, 0.29) is 5.82 Å². The van der Waals surface area contributed by atoms with Crippen molar-refractivity contribution < 1.29 is 9.18 Å². The minimum absolute atomic E-state index is 0.199. The van der Waals surface area contributed by atoms with Gasteiger partial charge in [0.15, 0.2) is 0 Å². The van der Waals surface area contributed by atoms with Crippen molar-refractivity contribution >= 4 is 18.0 Å². The molecule has 0 N–H and O–H groups in total. The van der Waals surface area contributed by atoms with Crippen molar-refractivity contribution in [1.29, 1.82) is 0 Å². The molecule has 0 aliphatic carbocycles. The van der Waals surface area contributed by atoms with E-state index in [0.717, 1.165) is 29.8 Å². The summed E-state index contributed by atoms with van der Waals surface area (Å²) in [6.45, 7) is 0. The molecule has 0 spiro atoms. The normalized spacial score (nSPS) is 10.1. The molecule has 0 aliphatic heterocycles. The molecule has 0 amide bonds. The van der Waals surface area contributed by atoms with Gasteiger partial charge in [-0.2, -0.15) is 0 Å². The molecule has 0 aliphatic rings. The molecule has 1 aromatic carbocycles. The van der Waals surface area contributed by atoms with Gasteiger partial charge in [-0.3, -0.25) is 0 Å². The van der Waals surface area contributed by atoms with E-state index in [1.165, 1.54) is 12.1 Å². The largest absolute Gasteiger partial charge is 0.303 e. The zero-order valence-corrected chi connectivity index (χ0v) is 8.73. The second-order valence-corrected chi connectivity index (χ2v) is 4.13.